The van der Waals surface area contributed by atoms with E-state index in [1.165, 1.54) is 10.1 Å². The first-order valence-electron chi connectivity index (χ1n) is 7.22. The van der Waals surface area contributed by atoms with Gasteiger partial charge in [0.15, 0.2) is 0 Å². The van der Waals surface area contributed by atoms with Crippen LogP contribution in [0, 0.1) is 11.8 Å². The Balaban J connectivity index is 1.46. The summed E-state index contributed by atoms with van der Waals surface area (Å²) in [6, 6.07) is 17.7. The van der Waals surface area contributed by atoms with Crippen LogP contribution in [0.15, 0.2) is 60.0 Å². The van der Waals surface area contributed by atoms with Crippen molar-refractivity contribution >= 4 is 27.5 Å². The van der Waals surface area contributed by atoms with Gasteiger partial charge in [0.25, 0.3) is 0 Å². The van der Waals surface area contributed by atoms with Gasteiger partial charge in [-0.1, -0.05) is 48.2 Å². The van der Waals surface area contributed by atoms with Gasteiger partial charge in [-0.2, -0.15) is 0 Å². The molecule has 0 unspecified atom stereocenters. The van der Waals surface area contributed by atoms with E-state index in [9.17, 15) is 4.79 Å². The zero-order valence-electron chi connectivity index (χ0n) is 12.4. The van der Waals surface area contributed by atoms with Crippen LogP contribution in [-0.4, -0.2) is 12.6 Å². The minimum absolute atomic E-state index is 0.259. The van der Waals surface area contributed by atoms with E-state index in [2.05, 4.69) is 40.7 Å². The van der Waals surface area contributed by atoms with Crippen molar-refractivity contribution in [3.8, 4) is 11.8 Å². The summed E-state index contributed by atoms with van der Waals surface area (Å²) in [6.45, 7) is 0.519. The summed E-state index contributed by atoms with van der Waals surface area (Å²) in [7, 11) is 0. The van der Waals surface area contributed by atoms with Crippen LogP contribution in [0.25, 0.3) is 10.1 Å². The van der Waals surface area contributed by atoms with Crippen molar-refractivity contribution in [2.45, 2.75) is 6.61 Å². The van der Waals surface area contributed by atoms with E-state index in [1.54, 1.807) is 11.3 Å². The van der Waals surface area contributed by atoms with Gasteiger partial charge < -0.3 is 10.1 Å². The Morgan fingerprint density at radius 3 is 2.87 bits per heavy atom. The van der Waals surface area contributed by atoms with Crippen molar-refractivity contribution in [1.29, 1.82) is 0 Å². The van der Waals surface area contributed by atoms with Crippen LogP contribution in [0.5, 0.6) is 0 Å². The maximum Gasteiger partial charge on any atom is 0.408 e. The summed E-state index contributed by atoms with van der Waals surface area (Å²) >= 11 is 1.69. The number of hydrogen-bond donors (Lipinski definition) is 1. The smallest absolute Gasteiger partial charge is 0.408 e. The van der Waals surface area contributed by atoms with Gasteiger partial charge >= 0.3 is 6.09 Å². The molecule has 0 saturated carbocycles. The zero-order chi connectivity index (χ0) is 15.9. The third-order valence-corrected chi connectivity index (χ3v) is 4.10. The van der Waals surface area contributed by atoms with Crippen molar-refractivity contribution < 1.29 is 9.53 Å². The molecule has 3 nitrogen and oxygen atoms in total. The predicted octanol–water partition coefficient (Wildman–Crippen LogP) is 4.18. The molecule has 0 fully saturated rings. The molecule has 114 valence electrons. The monoisotopic (exact) mass is 321 g/mol. The molecular formula is C19H15NO2S. The largest absolute Gasteiger partial charge is 0.445 e. The Hall–Kier alpha value is -2.77. The van der Waals surface area contributed by atoms with Gasteiger partial charge in [0.2, 0.25) is 0 Å². The molecular weight excluding hydrogens is 306 g/mol. The molecule has 1 aromatic heterocycles. The standard InChI is InChI=1S/C19H15NO2S/c21-19(22-14-16-5-2-1-3-6-16)20-11-4-7-15-8-9-17-10-12-23-18(17)13-15/h1-3,5-6,8-10,12-13H,11,14H2,(H,20,21). The number of fused-ring (bicyclic) bond motifs is 1. The Morgan fingerprint density at radius 1 is 1.13 bits per heavy atom. The van der Waals surface area contributed by atoms with E-state index in [0.717, 1.165) is 11.1 Å². The fourth-order valence-corrected chi connectivity index (χ4v) is 2.90. The van der Waals surface area contributed by atoms with E-state index >= 15 is 0 Å². The molecule has 1 amide bonds. The zero-order valence-corrected chi connectivity index (χ0v) is 13.2. The highest BCUT2D eigenvalue weighted by Crippen LogP contribution is 2.21. The molecule has 23 heavy (non-hydrogen) atoms. The first-order valence-corrected chi connectivity index (χ1v) is 8.10. The second kappa shape index (κ2) is 7.48. The summed E-state index contributed by atoms with van der Waals surface area (Å²) in [5.74, 6) is 5.97. The second-order valence-corrected chi connectivity index (χ2v) is 5.84. The SMILES string of the molecule is O=C(NCC#Cc1ccc2ccsc2c1)OCc1ccccc1. The molecule has 0 spiro atoms. The van der Waals surface area contributed by atoms with Crippen LogP contribution in [0.3, 0.4) is 0 Å². The summed E-state index contributed by atoms with van der Waals surface area (Å²) < 4.78 is 6.33. The number of amides is 1. The molecule has 0 aliphatic heterocycles. The van der Waals surface area contributed by atoms with E-state index in [4.69, 9.17) is 4.74 Å². The minimum Gasteiger partial charge on any atom is -0.445 e. The number of alkyl carbamates (subject to hydrolysis) is 1. The number of benzene rings is 2. The van der Waals surface area contributed by atoms with Gasteiger partial charge in [0, 0.05) is 10.3 Å². The maximum atomic E-state index is 11.6. The Labute approximate surface area is 138 Å². The van der Waals surface area contributed by atoms with E-state index < -0.39 is 6.09 Å². The lowest BCUT2D eigenvalue weighted by molar-refractivity contribution is 0.141. The van der Waals surface area contributed by atoms with Crippen molar-refractivity contribution in [1.82, 2.24) is 5.32 Å². The van der Waals surface area contributed by atoms with Crippen molar-refractivity contribution in [2.24, 2.45) is 0 Å². The highest BCUT2D eigenvalue weighted by Gasteiger charge is 2.00. The van der Waals surface area contributed by atoms with E-state index in [1.807, 2.05) is 36.4 Å². The molecule has 2 aromatic carbocycles. The number of ether oxygens (including phenoxy) is 1. The summed E-state index contributed by atoms with van der Waals surface area (Å²) in [5, 5.41) is 5.91. The predicted molar refractivity (Wildman–Crippen MR) is 93.3 cm³/mol. The highest BCUT2D eigenvalue weighted by atomic mass is 32.1. The normalized spacial score (nSPS) is 9.91. The van der Waals surface area contributed by atoms with Crippen molar-refractivity contribution in [3.05, 3.63) is 71.1 Å². The highest BCUT2D eigenvalue weighted by molar-refractivity contribution is 7.17. The molecule has 1 N–H and O–H groups in total. The average Bonchev–Trinajstić information content (AvgIpc) is 3.05. The number of carbonyl (C=O) groups is 1. The molecule has 0 aliphatic rings. The average molecular weight is 321 g/mol. The molecule has 3 aromatic rings. The Morgan fingerprint density at radius 2 is 2.00 bits per heavy atom. The second-order valence-electron chi connectivity index (χ2n) is 4.89. The summed E-state index contributed by atoms with van der Waals surface area (Å²) in [4.78, 5) is 11.6. The maximum absolute atomic E-state index is 11.6. The summed E-state index contributed by atoms with van der Waals surface area (Å²) in [5.41, 5.74) is 1.90. The number of hydrogen-bond acceptors (Lipinski definition) is 3. The lowest BCUT2D eigenvalue weighted by atomic mass is 10.2. The number of nitrogens with one attached hydrogen (secondary N) is 1. The third-order valence-electron chi connectivity index (χ3n) is 3.22. The van der Waals surface area contributed by atoms with Crippen molar-refractivity contribution in [3.63, 3.8) is 0 Å². The van der Waals surface area contributed by atoms with Crippen LogP contribution in [0.2, 0.25) is 0 Å². The van der Waals surface area contributed by atoms with Crippen molar-refractivity contribution in [2.75, 3.05) is 6.54 Å². The Bertz CT molecular complexity index is 859. The van der Waals surface area contributed by atoms with Gasteiger partial charge in [0.1, 0.15) is 6.61 Å². The van der Waals surface area contributed by atoms with Crippen LogP contribution in [0.1, 0.15) is 11.1 Å². The summed E-state index contributed by atoms with van der Waals surface area (Å²) in [6.07, 6.45) is -0.461. The minimum atomic E-state index is -0.461. The molecule has 0 atom stereocenters. The van der Waals surface area contributed by atoms with Gasteiger partial charge in [-0.3, -0.25) is 0 Å². The number of rotatable bonds is 3. The lowest BCUT2D eigenvalue weighted by Crippen LogP contribution is -2.24. The Kier molecular flexibility index (Phi) is 4.92. The molecule has 3 rings (SSSR count). The first kappa shape index (κ1) is 15.1. The lowest BCUT2D eigenvalue weighted by Gasteiger charge is -2.04. The molecule has 0 saturated heterocycles. The van der Waals surface area contributed by atoms with Crippen LogP contribution < -0.4 is 5.32 Å². The molecule has 4 heteroatoms. The van der Waals surface area contributed by atoms with Gasteiger partial charge in [-0.25, -0.2) is 4.79 Å². The van der Waals surface area contributed by atoms with Crippen LogP contribution in [0.4, 0.5) is 4.79 Å². The molecule has 0 bridgehead atoms. The fourth-order valence-electron chi connectivity index (χ4n) is 2.07. The molecule has 0 radical (unpaired) electrons. The van der Waals surface area contributed by atoms with Crippen LogP contribution >= 0.6 is 11.3 Å². The van der Waals surface area contributed by atoms with E-state index in [-0.39, 0.29) is 13.2 Å². The topological polar surface area (TPSA) is 38.3 Å². The number of carbonyl (C=O) groups excluding carboxylic acids is 1. The van der Waals surface area contributed by atoms with Gasteiger partial charge in [-0.05, 0) is 34.5 Å². The first-order chi connectivity index (χ1) is 11.3. The molecule has 0 aliphatic carbocycles. The quantitative estimate of drug-likeness (QED) is 0.735. The molecule has 1 heterocycles. The fraction of sp³-hybridized carbons (Fsp3) is 0.105. The number of thiophene rings is 1. The van der Waals surface area contributed by atoms with Gasteiger partial charge in [-0.15, -0.1) is 11.3 Å². The third kappa shape index (κ3) is 4.35. The van der Waals surface area contributed by atoms with E-state index in [0.29, 0.717) is 0 Å². The van der Waals surface area contributed by atoms with Crippen LogP contribution in [-0.2, 0) is 11.3 Å². The van der Waals surface area contributed by atoms with Gasteiger partial charge in [0.05, 0.1) is 6.54 Å².